The van der Waals surface area contributed by atoms with Crippen molar-refractivity contribution in [2.75, 3.05) is 13.1 Å². The maximum Gasteiger partial charge on any atom is 0.237 e. The summed E-state index contributed by atoms with van der Waals surface area (Å²) < 4.78 is 1.08. The van der Waals surface area contributed by atoms with Gasteiger partial charge in [0.1, 0.15) is 0 Å². The first-order valence-corrected chi connectivity index (χ1v) is 7.30. The number of piperidine rings is 1. The lowest BCUT2D eigenvalue weighted by atomic mass is 10.0. The molecule has 2 rings (SSSR count). The van der Waals surface area contributed by atoms with Crippen molar-refractivity contribution in [3.8, 4) is 0 Å². The van der Waals surface area contributed by atoms with E-state index in [-0.39, 0.29) is 11.9 Å². The number of hydrogen-bond donors (Lipinski definition) is 2. The van der Waals surface area contributed by atoms with Crippen molar-refractivity contribution in [3.63, 3.8) is 0 Å². The maximum atomic E-state index is 11.9. The van der Waals surface area contributed by atoms with Gasteiger partial charge in [-0.1, -0.05) is 34.5 Å². The first-order chi connectivity index (χ1) is 8.75. The second-order valence-electron chi connectivity index (χ2n) is 4.67. The quantitative estimate of drug-likeness (QED) is 0.895. The monoisotopic (exact) mass is 310 g/mol. The highest BCUT2D eigenvalue weighted by molar-refractivity contribution is 9.10. The molecule has 1 aromatic carbocycles. The van der Waals surface area contributed by atoms with Crippen LogP contribution in [-0.2, 0) is 11.2 Å². The molecule has 1 amide bonds. The summed E-state index contributed by atoms with van der Waals surface area (Å²) in [5, 5.41) is 6.26. The third-order valence-corrected chi connectivity index (χ3v) is 3.78. The Balaban J connectivity index is 1.71. The zero-order chi connectivity index (χ0) is 12.8. The lowest BCUT2D eigenvalue weighted by Crippen LogP contribution is -2.47. The van der Waals surface area contributed by atoms with Crippen molar-refractivity contribution >= 4 is 21.8 Å². The van der Waals surface area contributed by atoms with Gasteiger partial charge in [0.2, 0.25) is 5.91 Å². The van der Waals surface area contributed by atoms with Crippen LogP contribution in [0.2, 0.25) is 0 Å². The molecule has 0 aromatic heterocycles. The summed E-state index contributed by atoms with van der Waals surface area (Å²) in [5.41, 5.74) is 1.25. The first kappa shape index (κ1) is 13.6. The van der Waals surface area contributed by atoms with Crippen LogP contribution in [0.5, 0.6) is 0 Å². The average Bonchev–Trinajstić information content (AvgIpc) is 2.42. The molecule has 1 saturated heterocycles. The molecule has 0 unspecified atom stereocenters. The Hall–Kier alpha value is -0.870. The predicted octanol–water partition coefficient (Wildman–Crippen LogP) is 2.25. The molecule has 0 bridgehead atoms. The molecule has 4 heteroatoms. The van der Waals surface area contributed by atoms with Crippen LogP contribution < -0.4 is 10.6 Å². The van der Waals surface area contributed by atoms with E-state index in [2.05, 4.69) is 38.7 Å². The standard InChI is InChI=1S/C14H19BrN2O/c15-12-6-4-11(5-7-12)8-10-17-14(18)13-3-1-2-9-16-13/h4-7,13,16H,1-3,8-10H2,(H,17,18)/t13-/m1/s1. The molecule has 3 nitrogen and oxygen atoms in total. The Kier molecular flexibility index (Phi) is 5.20. The van der Waals surface area contributed by atoms with E-state index in [4.69, 9.17) is 0 Å². The second-order valence-corrected chi connectivity index (χ2v) is 5.59. The van der Waals surface area contributed by atoms with Gasteiger partial charge in [0.25, 0.3) is 0 Å². The van der Waals surface area contributed by atoms with Crippen LogP contribution in [0, 0.1) is 0 Å². The number of rotatable bonds is 4. The summed E-state index contributed by atoms with van der Waals surface area (Å²) in [7, 11) is 0. The SMILES string of the molecule is O=C(NCCc1ccc(Br)cc1)[C@H]1CCCCN1. The molecule has 1 aliphatic heterocycles. The highest BCUT2D eigenvalue weighted by Gasteiger charge is 2.19. The fourth-order valence-electron chi connectivity index (χ4n) is 2.18. The number of carbonyl (C=O) groups excluding carboxylic acids is 1. The summed E-state index contributed by atoms with van der Waals surface area (Å²) in [6.07, 6.45) is 4.18. The van der Waals surface area contributed by atoms with Gasteiger partial charge in [-0.3, -0.25) is 4.79 Å². The molecule has 18 heavy (non-hydrogen) atoms. The zero-order valence-corrected chi connectivity index (χ0v) is 12.0. The number of amides is 1. The van der Waals surface area contributed by atoms with Gasteiger partial charge in [0, 0.05) is 11.0 Å². The fraction of sp³-hybridized carbons (Fsp3) is 0.500. The average molecular weight is 311 g/mol. The van der Waals surface area contributed by atoms with E-state index in [9.17, 15) is 4.79 Å². The summed E-state index contributed by atoms with van der Waals surface area (Å²) >= 11 is 3.41. The van der Waals surface area contributed by atoms with E-state index in [1.807, 2.05) is 12.1 Å². The molecule has 0 aliphatic carbocycles. The van der Waals surface area contributed by atoms with Crippen molar-refractivity contribution in [3.05, 3.63) is 34.3 Å². The third kappa shape index (κ3) is 4.10. The van der Waals surface area contributed by atoms with Gasteiger partial charge in [-0.25, -0.2) is 0 Å². The van der Waals surface area contributed by atoms with Gasteiger partial charge in [0.05, 0.1) is 6.04 Å². The number of benzene rings is 1. The van der Waals surface area contributed by atoms with E-state index >= 15 is 0 Å². The number of hydrogen-bond acceptors (Lipinski definition) is 2. The minimum absolute atomic E-state index is 0.0173. The van der Waals surface area contributed by atoms with Crippen LogP contribution >= 0.6 is 15.9 Å². The Bertz CT molecular complexity index is 385. The first-order valence-electron chi connectivity index (χ1n) is 6.51. The topological polar surface area (TPSA) is 41.1 Å². The molecule has 1 aromatic rings. The Labute approximate surface area is 116 Å². The molecule has 0 saturated carbocycles. The van der Waals surface area contributed by atoms with Crippen molar-refractivity contribution in [1.29, 1.82) is 0 Å². The van der Waals surface area contributed by atoms with Gasteiger partial charge >= 0.3 is 0 Å². The molecule has 2 N–H and O–H groups in total. The van der Waals surface area contributed by atoms with Gasteiger partial charge in [-0.15, -0.1) is 0 Å². The van der Waals surface area contributed by atoms with E-state index in [0.717, 1.165) is 30.3 Å². The van der Waals surface area contributed by atoms with E-state index in [0.29, 0.717) is 6.54 Å². The number of halogens is 1. The highest BCUT2D eigenvalue weighted by Crippen LogP contribution is 2.11. The molecule has 1 heterocycles. The van der Waals surface area contributed by atoms with Crippen molar-refractivity contribution in [2.45, 2.75) is 31.7 Å². The summed E-state index contributed by atoms with van der Waals surface area (Å²) in [6.45, 7) is 1.67. The van der Waals surface area contributed by atoms with Crippen LogP contribution in [0.1, 0.15) is 24.8 Å². The van der Waals surface area contributed by atoms with Gasteiger partial charge in [-0.05, 0) is 43.5 Å². The largest absolute Gasteiger partial charge is 0.354 e. The second kappa shape index (κ2) is 6.90. The lowest BCUT2D eigenvalue weighted by Gasteiger charge is -2.22. The highest BCUT2D eigenvalue weighted by atomic mass is 79.9. The smallest absolute Gasteiger partial charge is 0.237 e. The van der Waals surface area contributed by atoms with Crippen LogP contribution in [-0.4, -0.2) is 25.0 Å². The molecule has 0 radical (unpaired) electrons. The molecule has 1 atom stereocenters. The Morgan fingerprint density at radius 1 is 1.33 bits per heavy atom. The lowest BCUT2D eigenvalue weighted by molar-refractivity contribution is -0.123. The fourth-order valence-corrected chi connectivity index (χ4v) is 2.44. The molecular weight excluding hydrogens is 292 g/mol. The Morgan fingerprint density at radius 3 is 2.78 bits per heavy atom. The molecular formula is C14H19BrN2O. The van der Waals surface area contributed by atoms with Crippen molar-refractivity contribution < 1.29 is 4.79 Å². The van der Waals surface area contributed by atoms with E-state index < -0.39 is 0 Å². The van der Waals surface area contributed by atoms with Crippen LogP contribution in [0.25, 0.3) is 0 Å². The number of carbonyl (C=O) groups is 1. The van der Waals surface area contributed by atoms with Gasteiger partial charge in [-0.2, -0.15) is 0 Å². The van der Waals surface area contributed by atoms with E-state index in [1.54, 1.807) is 0 Å². The van der Waals surface area contributed by atoms with Crippen LogP contribution in [0.3, 0.4) is 0 Å². The minimum Gasteiger partial charge on any atom is -0.354 e. The summed E-state index contributed by atoms with van der Waals surface area (Å²) in [4.78, 5) is 11.9. The molecule has 1 aliphatic rings. The Morgan fingerprint density at radius 2 is 2.11 bits per heavy atom. The van der Waals surface area contributed by atoms with Gasteiger partial charge < -0.3 is 10.6 Å². The van der Waals surface area contributed by atoms with Crippen molar-refractivity contribution in [2.24, 2.45) is 0 Å². The van der Waals surface area contributed by atoms with Crippen LogP contribution in [0.15, 0.2) is 28.7 Å². The molecule has 98 valence electrons. The maximum absolute atomic E-state index is 11.9. The third-order valence-electron chi connectivity index (χ3n) is 3.25. The minimum atomic E-state index is 0.0173. The zero-order valence-electron chi connectivity index (χ0n) is 10.4. The molecule has 0 spiro atoms. The van der Waals surface area contributed by atoms with Crippen LogP contribution in [0.4, 0.5) is 0 Å². The summed E-state index contributed by atoms with van der Waals surface area (Å²) in [5.74, 6) is 0.145. The van der Waals surface area contributed by atoms with Crippen molar-refractivity contribution in [1.82, 2.24) is 10.6 Å². The predicted molar refractivity (Wildman–Crippen MR) is 76.5 cm³/mol. The van der Waals surface area contributed by atoms with Gasteiger partial charge in [0.15, 0.2) is 0 Å². The normalized spacial score (nSPS) is 19.5. The summed E-state index contributed by atoms with van der Waals surface area (Å²) in [6, 6.07) is 8.23. The number of nitrogens with one attached hydrogen (secondary N) is 2. The molecule has 1 fully saturated rings. The van der Waals surface area contributed by atoms with E-state index in [1.165, 1.54) is 12.0 Å².